The summed E-state index contributed by atoms with van der Waals surface area (Å²) < 4.78 is 9.61. The molecule has 10 heteroatoms. The van der Waals surface area contributed by atoms with Gasteiger partial charge in [-0.05, 0) is 66.1 Å². The number of carbonyl (C=O) groups excluding carboxylic acids is 4. The summed E-state index contributed by atoms with van der Waals surface area (Å²) in [5.41, 5.74) is -0.677. The van der Waals surface area contributed by atoms with Crippen LogP contribution in [0.15, 0.2) is 0 Å². The minimum absolute atomic E-state index is 0.150. The van der Waals surface area contributed by atoms with Crippen molar-refractivity contribution in [3.63, 3.8) is 0 Å². The number of esters is 1. The number of amides is 3. The molecule has 0 bridgehead atoms. The Kier molecular flexibility index (Phi) is 10.5. The molecule has 1 aliphatic rings. The molecule has 0 saturated carbocycles. The molecule has 3 atom stereocenters. The zero-order chi connectivity index (χ0) is 25.6. The summed E-state index contributed by atoms with van der Waals surface area (Å²) in [7, 11) is 1.28. The third-order valence-corrected chi connectivity index (χ3v) is 6.75. The Hall–Kier alpha value is -1.97. The highest BCUT2D eigenvalue weighted by molar-refractivity contribution is 8.00. The van der Waals surface area contributed by atoms with E-state index in [4.69, 9.17) is 9.47 Å². The number of rotatable bonds is 9. The van der Waals surface area contributed by atoms with E-state index in [0.29, 0.717) is 25.8 Å². The van der Waals surface area contributed by atoms with Crippen molar-refractivity contribution in [2.24, 2.45) is 5.92 Å². The lowest BCUT2D eigenvalue weighted by Gasteiger charge is -2.35. The van der Waals surface area contributed by atoms with E-state index < -0.39 is 52.4 Å². The van der Waals surface area contributed by atoms with Crippen molar-refractivity contribution < 1.29 is 28.7 Å². The fourth-order valence-electron chi connectivity index (χ4n) is 3.57. The van der Waals surface area contributed by atoms with Gasteiger partial charge in [0.15, 0.2) is 0 Å². The Morgan fingerprint density at radius 3 is 2.18 bits per heavy atom. The van der Waals surface area contributed by atoms with Crippen LogP contribution in [0.25, 0.3) is 0 Å². The molecule has 0 aromatic heterocycles. The maximum absolute atomic E-state index is 13.3. The van der Waals surface area contributed by atoms with Crippen LogP contribution in [0.1, 0.15) is 67.7 Å². The molecule has 1 heterocycles. The molecule has 0 unspecified atom stereocenters. The number of carbonyl (C=O) groups is 4. The standard InChI is InChI=1S/C23H41N3O6S/c1-14(2)13-15(20(29)31-8)24-19(28)17(23(6,7)33-9)25-18(27)16-11-10-12-26(16)21(30)32-22(3,4)5/h14-17H,10-13H2,1-9H3,(H,24,28)(H,25,27)/t15-,16-,17-/m0/s1. The molecule has 0 aromatic rings. The van der Waals surface area contributed by atoms with E-state index in [-0.39, 0.29) is 5.92 Å². The van der Waals surface area contributed by atoms with Crippen molar-refractivity contribution in [3.8, 4) is 0 Å². The van der Waals surface area contributed by atoms with Gasteiger partial charge in [0.1, 0.15) is 23.7 Å². The molecule has 1 saturated heterocycles. The van der Waals surface area contributed by atoms with Crippen LogP contribution in [-0.4, -0.2) is 77.2 Å². The predicted molar refractivity (Wildman–Crippen MR) is 129 cm³/mol. The molecule has 1 rings (SSSR count). The fraction of sp³-hybridized carbons (Fsp3) is 0.826. The number of hydrogen-bond donors (Lipinski definition) is 2. The topological polar surface area (TPSA) is 114 Å². The van der Waals surface area contributed by atoms with E-state index >= 15 is 0 Å². The van der Waals surface area contributed by atoms with Crippen LogP contribution in [0.2, 0.25) is 0 Å². The van der Waals surface area contributed by atoms with E-state index in [1.807, 2.05) is 34.0 Å². The van der Waals surface area contributed by atoms with Crippen LogP contribution in [0.4, 0.5) is 4.79 Å². The smallest absolute Gasteiger partial charge is 0.410 e. The molecular formula is C23H41N3O6S. The Balaban J connectivity index is 3.06. The van der Waals surface area contributed by atoms with Gasteiger partial charge in [-0.3, -0.25) is 14.5 Å². The number of likely N-dealkylation sites (tertiary alicyclic amines) is 1. The maximum atomic E-state index is 13.3. The molecule has 1 aliphatic heterocycles. The fourth-order valence-corrected chi connectivity index (χ4v) is 3.97. The first kappa shape index (κ1) is 29.1. The monoisotopic (exact) mass is 487 g/mol. The molecule has 0 spiro atoms. The molecule has 9 nitrogen and oxygen atoms in total. The summed E-state index contributed by atoms with van der Waals surface area (Å²) in [5.74, 6) is -1.27. The zero-order valence-corrected chi connectivity index (χ0v) is 22.3. The first-order valence-electron chi connectivity index (χ1n) is 11.4. The van der Waals surface area contributed by atoms with Crippen molar-refractivity contribution in [1.82, 2.24) is 15.5 Å². The molecule has 3 amide bonds. The average Bonchev–Trinajstić information content (AvgIpc) is 3.19. The number of methoxy groups -OCH3 is 1. The highest BCUT2D eigenvalue weighted by Crippen LogP contribution is 2.27. The van der Waals surface area contributed by atoms with Crippen molar-refractivity contribution in [3.05, 3.63) is 0 Å². The Morgan fingerprint density at radius 1 is 1.09 bits per heavy atom. The summed E-state index contributed by atoms with van der Waals surface area (Å²) in [6.07, 6.45) is 2.86. The summed E-state index contributed by atoms with van der Waals surface area (Å²) in [6, 6.07) is -2.47. The number of nitrogens with zero attached hydrogens (tertiary/aromatic N) is 1. The Bertz CT molecular complexity index is 719. The van der Waals surface area contributed by atoms with Gasteiger partial charge in [-0.15, -0.1) is 0 Å². The van der Waals surface area contributed by atoms with E-state index in [1.54, 1.807) is 20.8 Å². The first-order chi connectivity index (χ1) is 15.1. The molecule has 0 radical (unpaired) electrons. The van der Waals surface area contributed by atoms with Gasteiger partial charge >= 0.3 is 12.1 Å². The Morgan fingerprint density at radius 2 is 1.70 bits per heavy atom. The first-order valence-corrected chi connectivity index (χ1v) is 12.6. The lowest BCUT2D eigenvalue weighted by atomic mass is 9.99. The van der Waals surface area contributed by atoms with Gasteiger partial charge in [-0.25, -0.2) is 9.59 Å². The summed E-state index contributed by atoms with van der Waals surface area (Å²) >= 11 is 1.42. The third-order valence-electron chi connectivity index (χ3n) is 5.46. The summed E-state index contributed by atoms with van der Waals surface area (Å²) in [4.78, 5) is 52.7. The van der Waals surface area contributed by atoms with Crippen LogP contribution in [0, 0.1) is 5.92 Å². The second-order valence-corrected chi connectivity index (χ2v) is 11.8. The van der Waals surface area contributed by atoms with Crippen molar-refractivity contribution >= 4 is 35.6 Å². The number of hydrogen-bond acceptors (Lipinski definition) is 7. The minimum Gasteiger partial charge on any atom is -0.467 e. The highest BCUT2D eigenvalue weighted by Gasteiger charge is 2.42. The van der Waals surface area contributed by atoms with Crippen LogP contribution < -0.4 is 10.6 Å². The molecule has 190 valence electrons. The highest BCUT2D eigenvalue weighted by atomic mass is 32.2. The van der Waals surface area contributed by atoms with Crippen molar-refractivity contribution in [2.45, 2.75) is 96.2 Å². The van der Waals surface area contributed by atoms with Crippen molar-refractivity contribution in [1.29, 1.82) is 0 Å². The van der Waals surface area contributed by atoms with Crippen LogP contribution in [0.3, 0.4) is 0 Å². The second-order valence-electron chi connectivity index (χ2n) is 10.3. The second kappa shape index (κ2) is 11.9. The van der Waals surface area contributed by atoms with Gasteiger partial charge in [0, 0.05) is 11.3 Å². The van der Waals surface area contributed by atoms with Gasteiger partial charge in [0.25, 0.3) is 0 Å². The predicted octanol–water partition coefficient (Wildman–Crippen LogP) is 2.72. The molecule has 1 fully saturated rings. The quantitative estimate of drug-likeness (QED) is 0.481. The number of nitrogens with one attached hydrogen (secondary N) is 2. The van der Waals surface area contributed by atoms with Gasteiger partial charge in [-0.1, -0.05) is 13.8 Å². The van der Waals surface area contributed by atoms with Crippen molar-refractivity contribution in [2.75, 3.05) is 19.9 Å². The van der Waals surface area contributed by atoms with E-state index in [1.165, 1.54) is 23.8 Å². The number of ether oxygens (including phenoxy) is 2. The summed E-state index contributed by atoms with van der Waals surface area (Å²) in [6.45, 7) is 13.3. The SMILES string of the molecule is COC(=O)[C@H](CC(C)C)NC(=O)[C@H](NC(=O)[C@@H]1CCCN1C(=O)OC(C)(C)C)C(C)(C)SC. The number of thioether (sulfide) groups is 1. The largest absolute Gasteiger partial charge is 0.467 e. The molecule has 0 aliphatic carbocycles. The zero-order valence-electron chi connectivity index (χ0n) is 21.4. The third kappa shape index (κ3) is 8.72. The maximum Gasteiger partial charge on any atom is 0.410 e. The van der Waals surface area contributed by atoms with Gasteiger partial charge in [-0.2, -0.15) is 11.8 Å². The van der Waals surface area contributed by atoms with E-state index in [9.17, 15) is 19.2 Å². The van der Waals surface area contributed by atoms with Crippen LogP contribution >= 0.6 is 11.8 Å². The minimum atomic E-state index is -0.930. The van der Waals surface area contributed by atoms with Gasteiger partial charge in [0.05, 0.1) is 7.11 Å². The molecular weight excluding hydrogens is 446 g/mol. The Labute approximate surface area is 202 Å². The van der Waals surface area contributed by atoms with Gasteiger partial charge < -0.3 is 20.1 Å². The van der Waals surface area contributed by atoms with E-state index in [0.717, 1.165) is 0 Å². The normalized spacial score (nSPS) is 18.5. The lowest BCUT2D eigenvalue weighted by molar-refractivity contribution is -0.146. The average molecular weight is 488 g/mol. The molecule has 33 heavy (non-hydrogen) atoms. The van der Waals surface area contributed by atoms with E-state index in [2.05, 4.69) is 10.6 Å². The van der Waals surface area contributed by atoms with Crippen LogP contribution in [-0.2, 0) is 23.9 Å². The lowest BCUT2D eigenvalue weighted by Crippen LogP contribution is -2.61. The van der Waals surface area contributed by atoms with Gasteiger partial charge in [0.2, 0.25) is 11.8 Å². The summed E-state index contributed by atoms with van der Waals surface area (Å²) in [5, 5.41) is 5.59. The molecule has 0 aromatic carbocycles. The van der Waals surface area contributed by atoms with Crippen LogP contribution in [0.5, 0.6) is 0 Å². The molecule has 2 N–H and O–H groups in total.